The van der Waals surface area contributed by atoms with Gasteiger partial charge in [0.2, 0.25) is 5.91 Å². The molecule has 1 aliphatic carbocycles. The first kappa shape index (κ1) is 34.5. The van der Waals surface area contributed by atoms with E-state index in [1.807, 2.05) is 62.5 Å². The summed E-state index contributed by atoms with van der Waals surface area (Å²) in [5, 5.41) is 2.93. The summed E-state index contributed by atoms with van der Waals surface area (Å²) >= 11 is 4.33. The molecule has 3 N–H and O–H groups in total. The van der Waals surface area contributed by atoms with Crippen molar-refractivity contribution in [3.05, 3.63) is 77.5 Å². The number of allylic oxidation sites excluding steroid dienone is 3. The van der Waals surface area contributed by atoms with Gasteiger partial charge in [0.1, 0.15) is 6.10 Å². The van der Waals surface area contributed by atoms with E-state index in [0.717, 1.165) is 88.1 Å². The standard InChI is InChI=1S/C35H49N5O4S/c1-3-31(27-7-5-4-6-8-27)32(17-24-45)37-35(43)44-30-15-20-39(21-16-30)23-22-38(2)34(42)29-11-9-26(10-12-29)25-40-18-13-28(14-19-40)33(36)41/h3-9,11-12,17,26,28,30,45H,10,13-16,18-25H2,1-2H3,(H2,36,41)(H,37,43)/b31-3-,32-17+. The molecule has 0 spiro atoms. The average Bonchev–Trinajstić information content (AvgIpc) is 3.05. The van der Waals surface area contributed by atoms with E-state index in [1.54, 1.807) is 4.90 Å². The number of carbonyl (C=O) groups is 3. The third-order valence-corrected chi connectivity index (χ3v) is 9.20. The van der Waals surface area contributed by atoms with Gasteiger partial charge in [0.25, 0.3) is 5.91 Å². The summed E-state index contributed by atoms with van der Waals surface area (Å²) in [5.74, 6) is 0.731. The van der Waals surface area contributed by atoms with Gasteiger partial charge < -0.3 is 25.2 Å². The molecule has 1 aromatic rings. The third kappa shape index (κ3) is 10.3. The van der Waals surface area contributed by atoms with Crippen molar-refractivity contribution in [3.8, 4) is 0 Å². The second-order valence-electron chi connectivity index (χ2n) is 12.2. The Kier molecular flexibility index (Phi) is 13.3. The van der Waals surface area contributed by atoms with Gasteiger partial charge in [-0.05, 0) is 63.6 Å². The van der Waals surface area contributed by atoms with E-state index in [9.17, 15) is 14.4 Å². The van der Waals surface area contributed by atoms with Crippen LogP contribution in [0.4, 0.5) is 4.79 Å². The van der Waals surface area contributed by atoms with E-state index in [4.69, 9.17) is 10.5 Å². The predicted molar refractivity (Wildman–Crippen MR) is 182 cm³/mol. The van der Waals surface area contributed by atoms with Crippen molar-refractivity contribution in [3.63, 3.8) is 0 Å². The van der Waals surface area contributed by atoms with E-state index in [-0.39, 0.29) is 23.8 Å². The van der Waals surface area contributed by atoms with Crippen LogP contribution in [0.15, 0.2) is 72.0 Å². The van der Waals surface area contributed by atoms with Crippen molar-refractivity contribution in [1.29, 1.82) is 0 Å². The molecular formula is C35H49N5O4S. The zero-order chi connectivity index (χ0) is 32.2. The number of nitrogens with two attached hydrogens (primary N) is 1. The Morgan fingerprint density at radius 2 is 1.76 bits per heavy atom. The molecule has 3 aliphatic rings. The molecule has 0 bridgehead atoms. The van der Waals surface area contributed by atoms with Crippen LogP contribution in [0.25, 0.3) is 5.57 Å². The number of piperidine rings is 2. The van der Waals surface area contributed by atoms with Crippen LogP contribution in [0.3, 0.4) is 0 Å². The fraction of sp³-hybridized carbons (Fsp3) is 0.514. The molecule has 3 amide bonds. The molecule has 2 aliphatic heterocycles. The Bertz CT molecular complexity index is 1280. The zero-order valence-corrected chi connectivity index (χ0v) is 27.6. The molecule has 1 aromatic carbocycles. The van der Waals surface area contributed by atoms with Crippen LogP contribution in [0, 0.1) is 11.8 Å². The largest absolute Gasteiger partial charge is 0.446 e. The number of benzene rings is 1. The van der Waals surface area contributed by atoms with Crippen molar-refractivity contribution >= 4 is 36.1 Å². The number of alkyl carbamates (subject to hydrolysis) is 1. The second kappa shape index (κ2) is 17.4. The fourth-order valence-corrected chi connectivity index (χ4v) is 6.44. The number of likely N-dealkylation sites (N-methyl/N-ethyl adjacent to an activating group) is 1. The summed E-state index contributed by atoms with van der Waals surface area (Å²) < 4.78 is 5.79. The van der Waals surface area contributed by atoms with Gasteiger partial charge in [-0.25, -0.2) is 4.79 Å². The molecule has 9 nitrogen and oxygen atoms in total. The molecule has 0 aromatic heterocycles. The van der Waals surface area contributed by atoms with Crippen LogP contribution in [0.5, 0.6) is 0 Å². The van der Waals surface area contributed by atoms with Gasteiger partial charge in [0, 0.05) is 68.3 Å². The SMILES string of the molecule is C/C=C(\C(=C/CS)NC(=O)OC1CCN(CCN(C)C(=O)C2=CCC(CN3CCC(C(N)=O)CC3)C=C2)CC1)c1ccccc1. The van der Waals surface area contributed by atoms with E-state index >= 15 is 0 Å². The third-order valence-electron chi connectivity index (χ3n) is 9.02. The maximum Gasteiger partial charge on any atom is 0.411 e. The number of amides is 3. The van der Waals surface area contributed by atoms with E-state index in [1.165, 1.54) is 0 Å². The minimum Gasteiger partial charge on any atom is -0.446 e. The number of likely N-dealkylation sites (tertiary alicyclic amines) is 2. The Morgan fingerprint density at radius 3 is 2.36 bits per heavy atom. The number of primary amides is 1. The van der Waals surface area contributed by atoms with E-state index in [2.05, 4.69) is 39.9 Å². The highest BCUT2D eigenvalue weighted by molar-refractivity contribution is 7.80. The molecule has 2 fully saturated rings. The number of nitrogens with zero attached hydrogens (tertiary/aromatic N) is 3. The smallest absolute Gasteiger partial charge is 0.411 e. The molecule has 1 unspecified atom stereocenters. The van der Waals surface area contributed by atoms with Crippen LogP contribution in [0.2, 0.25) is 0 Å². The highest BCUT2D eigenvalue weighted by atomic mass is 32.1. The van der Waals surface area contributed by atoms with Crippen molar-refractivity contribution in [2.75, 3.05) is 58.6 Å². The van der Waals surface area contributed by atoms with Crippen LogP contribution >= 0.6 is 12.6 Å². The molecule has 4 rings (SSSR count). The normalized spacial score (nSPS) is 20.9. The Morgan fingerprint density at radius 1 is 1.07 bits per heavy atom. The monoisotopic (exact) mass is 635 g/mol. The summed E-state index contributed by atoms with van der Waals surface area (Å²) in [6.45, 7) is 7.71. The highest BCUT2D eigenvalue weighted by Gasteiger charge is 2.26. The lowest BCUT2D eigenvalue weighted by Gasteiger charge is -2.33. The van der Waals surface area contributed by atoms with Gasteiger partial charge in [0.15, 0.2) is 0 Å². The topological polar surface area (TPSA) is 108 Å². The lowest BCUT2D eigenvalue weighted by molar-refractivity contribution is -0.126. The highest BCUT2D eigenvalue weighted by Crippen LogP contribution is 2.24. The number of ether oxygens (including phenoxy) is 1. The molecule has 2 heterocycles. The van der Waals surface area contributed by atoms with Crippen molar-refractivity contribution in [2.24, 2.45) is 17.6 Å². The molecule has 2 saturated heterocycles. The first-order chi connectivity index (χ1) is 21.8. The maximum absolute atomic E-state index is 13.1. The fourth-order valence-electron chi connectivity index (χ4n) is 6.26. The first-order valence-corrected chi connectivity index (χ1v) is 16.8. The number of carbonyl (C=O) groups excluding carboxylic acids is 3. The van der Waals surface area contributed by atoms with E-state index < -0.39 is 6.09 Å². The molecule has 0 radical (unpaired) electrons. The van der Waals surface area contributed by atoms with E-state index in [0.29, 0.717) is 23.9 Å². The minimum atomic E-state index is -0.453. The molecular weight excluding hydrogens is 586 g/mol. The van der Waals surface area contributed by atoms with Gasteiger partial charge >= 0.3 is 6.09 Å². The summed E-state index contributed by atoms with van der Waals surface area (Å²) in [5.41, 5.74) is 8.83. The van der Waals surface area contributed by atoms with Gasteiger partial charge in [-0.1, -0.05) is 60.7 Å². The van der Waals surface area contributed by atoms with Crippen molar-refractivity contribution in [2.45, 2.75) is 45.1 Å². The maximum atomic E-state index is 13.1. The van der Waals surface area contributed by atoms with Crippen LogP contribution in [-0.4, -0.2) is 97.3 Å². The van der Waals surface area contributed by atoms with Gasteiger partial charge in [0.05, 0.1) is 0 Å². The summed E-state index contributed by atoms with van der Waals surface area (Å²) in [6.07, 6.45) is 13.4. The Balaban J connectivity index is 1.14. The average molecular weight is 636 g/mol. The van der Waals surface area contributed by atoms with Gasteiger partial charge in [-0.2, -0.15) is 12.6 Å². The predicted octanol–water partition coefficient (Wildman–Crippen LogP) is 4.25. The molecule has 0 saturated carbocycles. The van der Waals surface area contributed by atoms with Crippen LogP contribution < -0.4 is 11.1 Å². The van der Waals surface area contributed by atoms with Crippen LogP contribution in [0.1, 0.15) is 44.6 Å². The van der Waals surface area contributed by atoms with Crippen molar-refractivity contribution < 1.29 is 19.1 Å². The number of thiol groups is 1. The summed E-state index contributed by atoms with van der Waals surface area (Å²) in [6, 6.07) is 9.92. The number of hydrogen-bond acceptors (Lipinski definition) is 7. The molecule has 244 valence electrons. The second-order valence-corrected chi connectivity index (χ2v) is 12.5. The minimum absolute atomic E-state index is 0.00519. The molecule has 10 heteroatoms. The van der Waals surface area contributed by atoms with Crippen molar-refractivity contribution in [1.82, 2.24) is 20.0 Å². The lowest BCUT2D eigenvalue weighted by Crippen LogP contribution is -2.43. The Hall–Kier alpha value is -3.34. The van der Waals surface area contributed by atoms with Crippen LogP contribution in [-0.2, 0) is 14.3 Å². The number of nitrogens with one attached hydrogen (secondary N) is 1. The molecule has 1 atom stereocenters. The zero-order valence-electron chi connectivity index (χ0n) is 26.7. The van der Waals surface area contributed by atoms with Gasteiger partial charge in [-0.3, -0.25) is 14.9 Å². The number of hydrogen-bond donors (Lipinski definition) is 3. The lowest BCUT2D eigenvalue weighted by atomic mass is 9.92. The summed E-state index contributed by atoms with van der Waals surface area (Å²) in [4.78, 5) is 43.8. The molecule has 45 heavy (non-hydrogen) atoms. The van der Waals surface area contributed by atoms with Gasteiger partial charge in [-0.15, -0.1) is 0 Å². The number of rotatable bonds is 12. The quantitative estimate of drug-likeness (QED) is 0.234. The first-order valence-electron chi connectivity index (χ1n) is 16.2. The Labute approximate surface area is 273 Å². The summed E-state index contributed by atoms with van der Waals surface area (Å²) in [7, 11) is 1.86.